The van der Waals surface area contributed by atoms with E-state index >= 15 is 0 Å². The molecule has 170 valence electrons. The van der Waals surface area contributed by atoms with Crippen molar-refractivity contribution in [3.8, 4) is 17.0 Å². The van der Waals surface area contributed by atoms with Gasteiger partial charge in [0, 0.05) is 18.7 Å². The van der Waals surface area contributed by atoms with Crippen LogP contribution in [0.2, 0.25) is 0 Å². The number of aryl methyl sites for hydroxylation is 1. The van der Waals surface area contributed by atoms with Crippen molar-refractivity contribution in [2.24, 2.45) is 4.40 Å². The van der Waals surface area contributed by atoms with Crippen molar-refractivity contribution in [1.82, 2.24) is 4.40 Å². The lowest BCUT2D eigenvalue weighted by Gasteiger charge is -2.17. The molecule has 0 saturated heterocycles. The van der Waals surface area contributed by atoms with E-state index in [0.29, 0.717) is 5.65 Å². The summed E-state index contributed by atoms with van der Waals surface area (Å²) >= 11 is 0. The second-order valence-electron chi connectivity index (χ2n) is 8.08. The van der Waals surface area contributed by atoms with Crippen LogP contribution in [0, 0.1) is 0 Å². The molecule has 0 saturated carbocycles. The molecular weight excluding hydrogens is 443 g/mol. The van der Waals surface area contributed by atoms with Crippen LogP contribution in [0.5, 0.6) is 5.88 Å². The molecule has 32 heavy (non-hydrogen) atoms. The first-order valence-electron chi connectivity index (χ1n) is 9.77. The average Bonchev–Trinajstić information content (AvgIpc) is 2.72. The number of hydrogen-bond donors (Lipinski definition) is 0. The molecule has 0 N–H and O–H groups in total. The molecule has 10 heteroatoms. The van der Waals surface area contributed by atoms with Crippen molar-refractivity contribution >= 4 is 22.8 Å². The zero-order chi connectivity index (χ0) is 23.7. The Morgan fingerprint density at radius 2 is 1.88 bits per heavy atom. The summed E-state index contributed by atoms with van der Waals surface area (Å²) in [6.45, 7) is 5.44. The highest BCUT2D eigenvalue weighted by molar-refractivity contribution is 7.85. The second kappa shape index (κ2) is 8.85. The molecule has 1 unspecified atom stereocenters. The first-order valence-corrected chi connectivity index (χ1v) is 10.9. The zero-order valence-electron chi connectivity index (χ0n) is 17.7. The quantitative estimate of drug-likeness (QED) is 0.429. The Labute approximate surface area is 185 Å². The van der Waals surface area contributed by atoms with Crippen LogP contribution in [0.1, 0.15) is 32.8 Å². The Kier molecular flexibility index (Phi) is 6.54. The number of halogens is 3. The van der Waals surface area contributed by atoms with Gasteiger partial charge in [0.15, 0.2) is 0 Å². The average molecular weight is 465 g/mol. The summed E-state index contributed by atoms with van der Waals surface area (Å²) < 4.78 is 57.6. The lowest BCUT2D eigenvalue weighted by molar-refractivity contribution is -0.714. The summed E-state index contributed by atoms with van der Waals surface area (Å²) in [5, 5.41) is 13.2. The van der Waals surface area contributed by atoms with Crippen LogP contribution in [0.15, 0.2) is 57.9 Å². The number of nitrogens with zero attached hydrogens (tertiary/aromatic N) is 3. The van der Waals surface area contributed by atoms with Gasteiger partial charge in [-0.05, 0) is 44.5 Å². The van der Waals surface area contributed by atoms with E-state index in [9.17, 15) is 27.3 Å². The van der Waals surface area contributed by atoms with Crippen LogP contribution in [0.25, 0.3) is 16.8 Å². The van der Waals surface area contributed by atoms with E-state index in [1.807, 2.05) is 0 Å². The third-order valence-corrected chi connectivity index (χ3v) is 6.05. The predicted molar refractivity (Wildman–Crippen MR) is 115 cm³/mol. The molecule has 0 bridgehead atoms. The molecule has 0 aliphatic rings. The Bertz CT molecular complexity index is 1260. The maximum atomic E-state index is 13.2. The van der Waals surface area contributed by atoms with Crippen LogP contribution < -0.4 is 15.2 Å². The highest BCUT2D eigenvalue weighted by Gasteiger charge is 2.31. The number of benzene rings is 1. The minimum Gasteiger partial charge on any atom is -0.842 e. The van der Waals surface area contributed by atoms with E-state index in [-0.39, 0.29) is 24.1 Å². The fourth-order valence-corrected chi connectivity index (χ4v) is 3.61. The summed E-state index contributed by atoms with van der Waals surface area (Å²) in [6.07, 6.45) is -1.47. The first-order chi connectivity index (χ1) is 14.9. The lowest BCUT2D eigenvalue weighted by atomic mass is 10.0. The number of hydrogen-bond acceptors (Lipinski definition) is 3. The predicted octanol–water partition coefficient (Wildman–Crippen LogP) is 3.27. The molecule has 3 aromatic rings. The van der Waals surface area contributed by atoms with Crippen molar-refractivity contribution in [3.05, 3.63) is 64.6 Å². The molecule has 0 radical (unpaired) electrons. The van der Waals surface area contributed by atoms with Gasteiger partial charge in [0.2, 0.25) is 0 Å². The Morgan fingerprint density at radius 1 is 1.16 bits per heavy atom. The summed E-state index contributed by atoms with van der Waals surface area (Å²) in [5.41, 5.74) is -1.82. The Morgan fingerprint density at radius 3 is 2.53 bits per heavy atom. The van der Waals surface area contributed by atoms with Gasteiger partial charge in [0.25, 0.3) is 5.65 Å². The van der Waals surface area contributed by atoms with Gasteiger partial charge in [-0.3, -0.25) is 0 Å². The molecule has 2 heterocycles. The molecule has 0 fully saturated rings. The summed E-state index contributed by atoms with van der Waals surface area (Å²) in [4.78, 5) is 13.0. The van der Waals surface area contributed by atoms with Gasteiger partial charge < -0.3 is 5.11 Å². The molecule has 0 amide bonds. The van der Waals surface area contributed by atoms with Crippen molar-refractivity contribution in [3.63, 3.8) is 0 Å². The normalized spacial score (nSPS) is 13.7. The van der Waals surface area contributed by atoms with Crippen LogP contribution in [0.4, 0.5) is 13.2 Å². The van der Waals surface area contributed by atoms with Gasteiger partial charge in [-0.25, -0.2) is 13.6 Å². The maximum absolute atomic E-state index is 13.2. The topological polar surface area (TPSA) is 77.8 Å². The van der Waals surface area contributed by atoms with Crippen LogP contribution in [-0.4, -0.2) is 19.6 Å². The Hall–Kier alpha value is -3.01. The molecule has 0 spiro atoms. The number of fused-ring (bicyclic) bond motifs is 1. The SMILES string of the molecule is CC(C)(C)S(=O)N=CCC[n+]1c([O-])c(-c2cccc(C(F)(F)F)c2)c(=O)n2ccccc21. The van der Waals surface area contributed by atoms with Crippen molar-refractivity contribution in [1.29, 1.82) is 0 Å². The van der Waals surface area contributed by atoms with E-state index in [0.717, 1.165) is 18.2 Å². The van der Waals surface area contributed by atoms with E-state index in [1.54, 1.807) is 39.0 Å². The highest BCUT2D eigenvalue weighted by Crippen LogP contribution is 2.32. The van der Waals surface area contributed by atoms with Gasteiger partial charge in [0.05, 0.1) is 28.9 Å². The van der Waals surface area contributed by atoms with Crippen molar-refractivity contribution < 1.29 is 27.1 Å². The molecule has 1 atom stereocenters. The third-order valence-electron chi connectivity index (χ3n) is 4.66. The minimum atomic E-state index is -4.61. The van der Waals surface area contributed by atoms with Gasteiger partial charge >= 0.3 is 11.7 Å². The third kappa shape index (κ3) is 4.90. The monoisotopic (exact) mass is 465 g/mol. The van der Waals surface area contributed by atoms with E-state index < -0.39 is 38.9 Å². The molecule has 0 aliphatic carbocycles. The van der Waals surface area contributed by atoms with E-state index in [2.05, 4.69) is 4.40 Å². The molecule has 1 aromatic carbocycles. The number of rotatable bonds is 5. The molecule has 0 aliphatic heterocycles. The molecule has 2 aromatic heterocycles. The second-order valence-corrected chi connectivity index (χ2v) is 10.0. The number of alkyl halides is 3. The molecule has 6 nitrogen and oxygen atoms in total. The van der Waals surface area contributed by atoms with Gasteiger partial charge in [0.1, 0.15) is 16.5 Å². The van der Waals surface area contributed by atoms with Crippen molar-refractivity contribution in [2.75, 3.05) is 0 Å². The number of pyridine rings is 1. The molecule has 3 rings (SSSR count). The van der Waals surface area contributed by atoms with E-state index in [1.165, 1.54) is 27.4 Å². The fourth-order valence-electron chi connectivity index (χ4n) is 3.06. The smallest absolute Gasteiger partial charge is 0.416 e. The highest BCUT2D eigenvalue weighted by atomic mass is 32.2. The lowest BCUT2D eigenvalue weighted by Crippen LogP contribution is -2.44. The number of aromatic nitrogens is 2. The standard InChI is InChI=1S/C22H22F3N3O3S/c1-21(2,3)32(31)26-11-7-13-28-17-10-4-5-12-27(17)19(29)18(20(28)30)15-8-6-9-16(14-15)22(23,24)25/h4-6,8-12,14H,7,13H2,1-3H3. The van der Waals surface area contributed by atoms with Crippen LogP contribution in [0.3, 0.4) is 0 Å². The zero-order valence-corrected chi connectivity index (χ0v) is 18.5. The van der Waals surface area contributed by atoms with Crippen molar-refractivity contribution in [2.45, 2.75) is 44.7 Å². The fraction of sp³-hybridized carbons (Fsp3) is 0.318. The summed E-state index contributed by atoms with van der Waals surface area (Å²) in [5.74, 6) is -0.703. The maximum Gasteiger partial charge on any atom is 0.416 e. The first kappa shape index (κ1) is 23.6. The van der Waals surface area contributed by atoms with Gasteiger partial charge in [-0.2, -0.15) is 22.0 Å². The Balaban J connectivity index is 2.10. The minimum absolute atomic E-state index is 0.101. The summed E-state index contributed by atoms with van der Waals surface area (Å²) in [7, 11) is -1.46. The van der Waals surface area contributed by atoms with Gasteiger partial charge in [-0.1, -0.05) is 18.2 Å². The largest absolute Gasteiger partial charge is 0.842 e. The van der Waals surface area contributed by atoms with Crippen LogP contribution in [-0.2, 0) is 23.7 Å². The van der Waals surface area contributed by atoms with Gasteiger partial charge in [-0.15, -0.1) is 0 Å². The van der Waals surface area contributed by atoms with Crippen LogP contribution >= 0.6 is 0 Å². The van der Waals surface area contributed by atoms with E-state index in [4.69, 9.17) is 0 Å². The summed E-state index contributed by atoms with van der Waals surface area (Å²) in [6, 6.07) is 8.96. The molecular formula is C22H22F3N3O3S.